The van der Waals surface area contributed by atoms with E-state index in [4.69, 9.17) is 9.56 Å². The van der Waals surface area contributed by atoms with Crippen molar-refractivity contribution in [3.63, 3.8) is 0 Å². The number of hydrogen-bond donors (Lipinski definition) is 2. The topological polar surface area (TPSA) is 98.1 Å². The van der Waals surface area contributed by atoms with Gasteiger partial charge >= 0.3 is 0 Å². The normalized spacial score (nSPS) is 13.8. The average Bonchev–Trinajstić information content (AvgIpc) is 2.63. The van der Waals surface area contributed by atoms with Crippen LogP contribution in [0.2, 0.25) is 18.1 Å². The second kappa shape index (κ2) is 5.35. The minimum Gasteiger partial charge on any atom is -0.416 e. The predicted molar refractivity (Wildman–Crippen MR) is 76.8 cm³/mol. The number of primary sulfonamides is 1. The van der Waals surface area contributed by atoms with Crippen LogP contribution in [0.15, 0.2) is 11.1 Å². The number of sulfonamides is 1. The molecule has 0 aliphatic heterocycles. The molecule has 3 N–H and O–H groups in total. The van der Waals surface area contributed by atoms with Gasteiger partial charge in [-0.1, -0.05) is 20.8 Å². The molecule has 6 nitrogen and oxygen atoms in total. The summed E-state index contributed by atoms with van der Waals surface area (Å²) in [4.78, 5) is 0.0475. The first-order valence-electron chi connectivity index (χ1n) is 6.14. The van der Waals surface area contributed by atoms with E-state index in [0.717, 1.165) is 0 Å². The van der Waals surface area contributed by atoms with Crippen LogP contribution in [-0.2, 0) is 20.9 Å². The third-order valence-corrected chi connectivity index (χ3v) is 9.11. The van der Waals surface area contributed by atoms with E-state index in [1.165, 1.54) is 6.20 Å². The molecule has 1 aromatic rings. The predicted octanol–water partition coefficient (Wildman–Crippen LogP) is 1.62. The number of rotatable bonds is 5. The molecule has 1 rings (SSSR count). The van der Waals surface area contributed by atoms with Gasteiger partial charge in [0, 0.05) is 13.0 Å². The number of nitrogens with zero attached hydrogens (tertiary/aromatic N) is 1. The highest BCUT2D eigenvalue weighted by molar-refractivity contribution is 7.89. The highest BCUT2D eigenvalue weighted by Gasteiger charge is 2.37. The van der Waals surface area contributed by atoms with E-state index in [9.17, 15) is 8.42 Å². The number of aromatic nitrogens is 2. The Kier molecular flexibility index (Phi) is 4.61. The Hall–Kier alpha value is -0.703. The Labute approximate surface area is 115 Å². The summed E-state index contributed by atoms with van der Waals surface area (Å²) in [7, 11) is -5.54. The van der Waals surface area contributed by atoms with Gasteiger partial charge in [-0.3, -0.25) is 5.10 Å². The monoisotopic (exact) mass is 305 g/mol. The highest BCUT2D eigenvalue weighted by atomic mass is 32.2. The lowest BCUT2D eigenvalue weighted by molar-refractivity contribution is 0.290. The summed E-state index contributed by atoms with van der Waals surface area (Å²) in [6.07, 6.45) is 1.69. The quantitative estimate of drug-likeness (QED) is 0.808. The second-order valence-electron chi connectivity index (χ2n) is 6.12. The molecule has 0 aliphatic carbocycles. The molecule has 0 aliphatic rings. The summed E-state index contributed by atoms with van der Waals surface area (Å²) in [6.45, 7) is 11.2. The molecule has 0 aromatic carbocycles. The zero-order valence-electron chi connectivity index (χ0n) is 12.1. The first-order valence-corrected chi connectivity index (χ1v) is 10.6. The second-order valence-corrected chi connectivity index (χ2v) is 12.5. The number of nitrogens with two attached hydrogens (primary N) is 1. The lowest BCUT2D eigenvalue weighted by Gasteiger charge is -2.36. The molecule has 0 radical (unpaired) electrons. The largest absolute Gasteiger partial charge is 0.416 e. The van der Waals surface area contributed by atoms with E-state index in [1.807, 2.05) is 0 Å². The summed E-state index contributed by atoms with van der Waals surface area (Å²) in [5.74, 6) is 0. The molecule has 0 amide bonds. The van der Waals surface area contributed by atoms with Crippen LogP contribution < -0.4 is 5.14 Å². The summed E-state index contributed by atoms with van der Waals surface area (Å²) < 4.78 is 28.6. The number of aromatic amines is 1. The molecule has 0 saturated heterocycles. The van der Waals surface area contributed by atoms with Crippen LogP contribution in [0.3, 0.4) is 0 Å². The molecular formula is C11H23N3O3SSi. The summed E-state index contributed by atoms with van der Waals surface area (Å²) in [5, 5.41) is 11.6. The third-order valence-electron chi connectivity index (χ3n) is 3.61. The molecule has 8 heteroatoms. The van der Waals surface area contributed by atoms with Crippen molar-refractivity contribution < 1.29 is 12.8 Å². The van der Waals surface area contributed by atoms with E-state index < -0.39 is 18.3 Å². The summed E-state index contributed by atoms with van der Waals surface area (Å²) >= 11 is 0. The Morgan fingerprint density at radius 3 is 2.47 bits per heavy atom. The SMILES string of the molecule is CC(C)(C)[Si](C)(C)OCCc1[nH]ncc1S(N)(=O)=O. The molecule has 110 valence electrons. The van der Waals surface area contributed by atoms with Crippen molar-refractivity contribution in [1.29, 1.82) is 0 Å². The van der Waals surface area contributed by atoms with Crippen molar-refractivity contribution in [1.82, 2.24) is 10.2 Å². The molecule has 19 heavy (non-hydrogen) atoms. The van der Waals surface area contributed by atoms with Crippen molar-refractivity contribution in [3.8, 4) is 0 Å². The molecule has 0 atom stereocenters. The fourth-order valence-corrected chi connectivity index (χ4v) is 3.09. The maximum Gasteiger partial charge on any atom is 0.241 e. The first kappa shape index (κ1) is 16.4. The molecule has 0 spiro atoms. The average molecular weight is 305 g/mol. The molecule has 1 aromatic heterocycles. The van der Waals surface area contributed by atoms with E-state index in [2.05, 4.69) is 44.1 Å². The van der Waals surface area contributed by atoms with Crippen molar-refractivity contribution in [2.75, 3.05) is 6.61 Å². The van der Waals surface area contributed by atoms with Crippen LogP contribution in [0.5, 0.6) is 0 Å². The van der Waals surface area contributed by atoms with Crippen LogP contribution in [-0.4, -0.2) is 33.5 Å². The van der Waals surface area contributed by atoms with Gasteiger partial charge in [0.05, 0.1) is 11.9 Å². The van der Waals surface area contributed by atoms with Gasteiger partial charge in [0.2, 0.25) is 10.0 Å². The fourth-order valence-electron chi connectivity index (χ4n) is 1.35. The third kappa shape index (κ3) is 4.13. The molecular weight excluding hydrogens is 282 g/mol. The highest BCUT2D eigenvalue weighted by Crippen LogP contribution is 2.36. The maximum absolute atomic E-state index is 11.3. The van der Waals surface area contributed by atoms with Crippen LogP contribution in [0.1, 0.15) is 26.5 Å². The van der Waals surface area contributed by atoms with Crippen molar-refractivity contribution in [2.45, 2.75) is 50.2 Å². The maximum atomic E-state index is 11.3. The van der Waals surface area contributed by atoms with Gasteiger partial charge in [-0.15, -0.1) is 0 Å². The van der Waals surface area contributed by atoms with Crippen LogP contribution >= 0.6 is 0 Å². The smallest absolute Gasteiger partial charge is 0.241 e. The number of nitrogens with one attached hydrogen (secondary N) is 1. The Morgan fingerprint density at radius 1 is 1.42 bits per heavy atom. The van der Waals surface area contributed by atoms with E-state index in [-0.39, 0.29) is 9.93 Å². The van der Waals surface area contributed by atoms with E-state index in [1.54, 1.807) is 0 Å². The van der Waals surface area contributed by atoms with Gasteiger partial charge in [-0.25, -0.2) is 13.6 Å². The molecule has 1 heterocycles. The Bertz CT molecular complexity index is 532. The van der Waals surface area contributed by atoms with Crippen molar-refractivity contribution in [2.24, 2.45) is 5.14 Å². The van der Waals surface area contributed by atoms with E-state index >= 15 is 0 Å². The summed E-state index contributed by atoms with van der Waals surface area (Å²) in [6, 6.07) is 0. The molecule has 0 unspecified atom stereocenters. The van der Waals surface area contributed by atoms with E-state index in [0.29, 0.717) is 18.7 Å². The van der Waals surface area contributed by atoms with Crippen LogP contribution in [0, 0.1) is 0 Å². The van der Waals surface area contributed by atoms with Crippen LogP contribution in [0.25, 0.3) is 0 Å². The molecule has 0 bridgehead atoms. The van der Waals surface area contributed by atoms with Gasteiger partial charge in [0.1, 0.15) is 4.90 Å². The Morgan fingerprint density at radius 2 is 2.00 bits per heavy atom. The molecule has 0 saturated carbocycles. The minimum atomic E-state index is -3.72. The fraction of sp³-hybridized carbons (Fsp3) is 0.727. The lowest BCUT2D eigenvalue weighted by atomic mass is 10.2. The van der Waals surface area contributed by atoms with Gasteiger partial charge in [-0.05, 0) is 18.1 Å². The zero-order valence-corrected chi connectivity index (χ0v) is 14.0. The number of H-pyrrole nitrogens is 1. The minimum absolute atomic E-state index is 0.0475. The van der Waals surface area contributed by atoms with Gasteiger partial charge < -0.3 is 4.43 Å². The molecule has 0 fully saturated rings. The standard InChI is InChI=1S/C11H23N3O3SSi/c1-11(2,3)19(4,5)17-7-6-9-10(8-13-14-9)18(12,15)16/h8H,6-7H2,1-5H3,(H,13,14)(H2,12,15,16). The Balaban J connectivity index is 2.68. The van der Waals surface area contributed by atoms with Crippen LogP contribution in [0.4, 0.5) is 0 Å². The first-order chi connectivity index (χ1) is 8.45. The van der Waals surface area contributed by atoms with Gasteiger partial charge in [-0.2, -0.15) is 5.10 Å². The van der Waals surface area contributed by atoms with Crippen molar-refractivity contribution in [3.05, 3.63) is 11.9 Å². The van der Waals surface area contributed by atoms with Crippen molar-refractivity contribution >= 4 is 18.3 Å². The van der Waals surface area contributed by atoms with Gasteiger partial charge in [0.25, 0.3) is 0 Å². The zero-order chi connectivity index (χ0) is 14.9. The van der Waals surface area contributed by atoms with Gasteiger partial charge in [0.15, 0.2) is 8.32 Å². The lowest BCUT2D eigenvalue weighted by Crippen LogP contribution is -2.41. The summed E-state index contributed by atoms with van der Waals surface area (Å²) in [5.41, 5.74) is 0.501. The number of hydrogen-bond acceptors (Lipinski definition) is 4.